The van der Waals surface area contributed by atoms with Crippen molar-refractivity contribution in [2.45, 2.75) is 40.7 Å². The van der Waals surface area contributed by atoms with Gasteiger partial charge in [0.15, 0.2) is 0 Å². The van der Waals surface area contributed by atoms with E-state index in [0.29, 0.717) is 6.61 Å². The summed E-state index contributed by atoms with van der Waals surface area (Å²) >= 11 is 0. The maximum Gasteiger partial charge on any atom is 0.106 e. The Morgan fingerprint density at radius 3 is 2.06 bits per heavy atom. The maximum atomic E-state index is 6.40. The molecule has 5 rings (SSSR count). The molecule has 0 saturated heterocycles. The van der Waals surface area contributed by atoms with E-state index >= 15 is 0 Å². The van der Waals surface area contributed by atoms with Gasteiger partial charge in [-0.2, -0.15) is 0 Å². The fourth-order valence-electron chi connectivity index (χ4n) is 5.50. The number of ether oxygens (including phenoxy) is 1. The highest BCUT2D eigenvalue weighted by atomic mass is 16.5. The molecule has 1 N–H and O–H groups in total. The van der Waals surface area contributed by atoms with Crippen LogP contribution in [-0.2, 0) is 4.74 Å². The van der Waals surface area contributed by atoms with E-state index in [1.165, 1.54) is 66.8 Å². The average molecular weight is 436 g/mol. The quantitative estimate of drug-likeness (QED) is 0.472. The molecule has 2 nitrogen and oxygen atoms in total. The lowest BCUT2D eigenvalue weighted by molar-refractivity contribution is 0.0869. The summed E-state index contributed by atoms with van der Waals surface area (Å²) < 4.78 is 6.40. The summed E-state index contributed by atoms with van der Waals surface area (Å²) in [6.45, 7) is 13.3. The number of fused-ring (bicyclic) bond motifs is 3. The first-order chi connectivity index (χ1) is 16.0. The minimum atomic E-state index is -0.0537. The fourth-order valence-corrected chi connectivity index (χ4v) is 5.50. The van der Waals surface area contributed by atoms with Gasteiger partial charge in [0.2, 0.25) is 0 Å². The highest BCUT2D eigenvalue weighted by molar-refractivity contribution is 6.07. The van der Waals surface area contributed by atoms with Gasteiger partial charge in [0.25, 0.3) is 0 Å². The predicted molar refractivity (Wildman–Crippen MR) is 138 cm³/mol. The van der Waals surface area contributed by atoms with Crippen LogP contribution in [0.2, 0.25) is 0 Å². The van der Waals surface area contributed by atoms with Crippen LogP contribution < -0.4 is 5.32 Å². The third-order valence-electron chi connectivity index (χ3n) is 6.98. The second-order valence-electron chi connectivity index (χ2n) is 9.46. The van der Waals surface area contributed by atoms with Crippen LogP contribution in [0.5, 0.6) is 0 Å². The Morgan fingerprint density at radius 2 is 1.42 bits per heavy atom. The maximum absolute atomic E-state index is 6.40. The van der Waals surface area contributed by atoms with Crippen LogP contribution in [0, 0.1) is 27.7 Å². The van der Waals surface area contributed by atoms with Crippen molar-refractivity contribution < 1.29 is 4.74 Å². The molecule has 1 heterocycles. The van der Waals surface area contributed by atoms with Gasteiger partial charge < -0.3 is 10.1 Å². The molecule has 33 heavy (non-hydrogen) atoms. The zero-order valence-corrected chi connectivity index (χ0v) is 20.4. The molecule has 0 fully saturated rings. The minimum Gasteiger partial charge on any atom is -0.369 e. The van der Waals surface area contributed by atoms with Crippen LogP contribution in [-0.4, -0.2) is 19.7 Å². The Bertz CT molecular complexity index is 1260. The lowest BCUT2D eigenvalue weighted by Gasteiger charge is -2.29. The Hall–Kier alpha value is -2.94. The van der Waals surface area contributed by atoms with Gasteiger partial charge in [0.05, 0.1) is 0 Å². The van der Waals surface area contributed by atoms with Gasteiger partial charge in [-0.25, -0.2) is 0 Å². The number of hydrogen-bond donors (Lipinski definition) is 1. The third-order valence-corrected chi connectivity index (χ3v) is 6.98. The molecule has 0 radical (unpaired) electrons. The molecule has 1 aliphatic heterocycles. The normalized spacial score (nSPS) is 16.2. The highest BCUT2D eigenvalue weighted by Gasteiger charge is 2.35. The van der Waals surface area contributed by atoms with Crippen LogP contribution in [0.3, 0.4) is 0 Å². The van der Waals surface area contributed by atoms with Crippen molar-refractivity contribution in [3.63, 3.8) is 0 Å². The molecule has 0 spiro atoms. The fraction of sp³-hybridized carbons (Fsp3) is 0.290. The Morgan fingerprint density at radius 1 is 0.788 bits per heavy atom. The number of nitrogens with one attached hydrogen (secondary N) is 1. The van der Waals surface area contributed by atoms with E-state index in [9.17, 15) is 0 Å². The van der Waals surface area contributed by atoms with E-state index in [-0.39, 0.29) is 6.10 Å². The van der Waals surface area contributed by atoms with Crippen LogP contribution in [0.1, 0.15) is 57.5 Å². The second-order valence-corrected chi connectivity index (χ2v) is 9.46. The monoisotopic (exact) mass is 435 g/mol. The van der Waals surface area contributed by atoms with E-state index < -0.39 is 0 Å². The predicted octanol–water partition coefficient (Wildman–Crippen LogP) is 6.87. The summed E-state index contributed by atoms with van der Waals surface area (Å²) in [6.07, 6.45) is -0.0537. The topological polar surface area (TPSA) is 21.3 Å². The lowest BCUT2D eigenvalue weighted by Crippen LogP contribution is -2.29. The number of hydrogen-bond acceptors (Lipinski definition) is 2. The van der Waals surface area contributed by atoms with Crippen molar-refractivity contribution in [1.29, 1.82) is 0 Å². The van der Waals surface area contributed by atoms with E-state index in [4.69, 9.17) is 4.74 Å². The van der Waals surface area contributed by atoms with Crippen LogP contribution in [0.25, 0.3) is 11.1 Å². The number of benzene rings is 3. The van der Waals surface area contributed by atoms with Crippen molar-refractivity contribution in [1.82, 2.24) is 5.32 Å². The molecule has 2 heteroatoms. The summed E-state index contributed by atoms with van der Waals surface area (Å²) in [7, 11) is 0. The molecule has 3 aromatic rings. The Balaban J connectivity index is 1.81. The van der Waals surface area contributed by atoms with Gasteiger partial charge in [-0.3, -0.25) is 0 Å². The first-order valence-corrected chi connectivity index (χ1v) is 12.0. The van der Waals surface area contributed by atoms with E-state index in [2.05, 4.69) is 101 Å². The summed E-state index contributed by atoms with van der Waals surface area (Å²) in [5, 5.41) is 3.71. The van der Waals surface area contributed by atoms with Crippen LogP contribution >= 0.6 is 0 Å². The second kappa shape index (κ2) is 8.78. The molecule has 0 saturated carbocycles. The summed E-state index contributed by atoms with van der Waals surface area (Å²) in [4.78, 5) is 0. The molecule has 0 aromatic heterocycles. The van der Waals surface area contributed by atoms with Gasteiger partial charge in [0.1, 0.15) is 6.10 Å². The third kappa shape index (κ3) is 3.88. The smallest absolute Gasteiger partial charge is 0.106 e. The molecule has 0 bridgehead atoms. The summed E-state index contributed by atoms with van der Waals surface area (Å²) in [5.74, 6) is 0. The van der Waals surface area contributed by atoms with Crippen molar-refractivity contribution in [2.75, 3.05) is 19.7 Å². The van der Waals surface area contributed by atoms with E-state index in [1.807, 2.05) is 0 Å². The van der Waals surface area contributed by atoms with Crippen molar-refractivity contribution in [2.24, 2.45) is 0 Å². The molecular weight excluding hydrogens is 402 g/mol. The molecule has 3 aromatic carbocycles. The zero-order chi connectivity index (χ0) is 23.1. The Labute approximate surface area is 198 Å². The molecule has 0 amide bonds. The van der Waals surface area contributed by atoms with Crippen molar-refractivity contribution in [3.8, 4) is 0 Å². The molecule has 168 valence electrons. The highest BCUT2D eigenvalue weighted by Crippen LogP contribution is 2.50. The summed E-state index contributed by atoms with van der Waals surface area (Å²) in [6, 6.07) is 22.4. The molecule has 1 unspecified atom stereocenters. The number of rotatable bonds is 5. The standard InChI is InChI=1S/C31H33NO/c1-6-33-31(23-10-8-7-9-11-23)28-18-32-17-27-29(24-13-19(2)12-20(3)14-24)25-15-21(4)22(5)16-26(25)30(27)28/h7-16,31-32H,6,17-18H2,1-5H3. The van der Waals surface area contributed by atoms with Crippen LogP contribution in [0.4, 0.5) is 0 Å². The van der Waals surface area contributed by atoms with Crippen molar-refractivity contribution >= 4 is 11.1 Å². The summed E-state index contributed by atoms with van der Waals surface area (Å²) in [5.41, 5.74) is 16.1. The number of aryl methyl sites for hydroxylation is 4. The van der Waals surface area contributed by atoms with Gasteiger partial charge in [-0.1, -0.05) is 71.8 Å². The van der Waals surface area contributed by atoms with Gasteiger partial charge in [0, 0.05) is 19.7 Å². The largest absolute Gasteiger partial charge is 0.369 e. The Kier molecular flexibility index (Phi) is 5.82. The average Bonchev–Trinajstić information content (AvgIpc) is 3.11. The zero-order valence-electron chi connectivity index (χ0n) is 20.4. The van der Waals surface area contributed by atoms with Gasteiger partial charge in [-0.15, -0.1) is 0 Å². The van der Waals surface area contributed by atoms with Crippen molar-refractivity contribution in [3.05, 3.63) is 116 Å². The molecule has 1 aliphatic carbocycles. The SMILES string of the molecule is CCOC(C1=C2C(=C(c3cc(C)cc(C)c3)c3cc(C)c(C)cc32)CNC1)c1ccccc1. The van der Waals surface area contributed by atoms with Crippen LogP contribution in [0.15, 0.2) is 71.8 Å². The van der Waals surface area contributed by atoms with E-state index in [1.54, 1.807) is 0 Å². The van der Waals surface area contributed by atoms with Gasteiger partial charge >= 0.3 is 0 Å². The first-order valence-electron chi connectivity index (χ1n) is 12.0. The van der Waals surface area contributed by atoms with E-state index in [0.717, 1.165) is 13.1 Å². The molecule has 1 atom stereocenters. The molecule has 2 aliphatic rings. The first kappa shape index (κ1) is 21.9. The lowest BCUT2D eigenvalue weighted by atomic mass is 9.87. The molecular formula is C31H33NO. The van der Waals surface area contributed by atoms with Gasteiger partial charge in [-0.05, 0) is 90.3 Å². The minimum absolute atomic E-state index is 0.0537.